The molecular weight excluding hydrogens is 262 g/mol. The summed E-state index contributed by atoms with van der Waals surface area (Å²) in [6, 6.07) is 6.51. The van der Waals surface area contributed by atoms with Gasteiger partial charge in [-0.15, -0.1) is 0 Å². The molecule has 1 saturated heterocycles. The summed E-state index contributed by atoms with van der Waals surface area (Å²) in [7, 11) is 0. The number of benzene rings is 1. The summed E-state index contributed by atoms with van der Waals surface area (Å²) in [6.45, 7) is 5.87. The zero-order valence-electron chi connectivity index (χ0n) is 12.7. The van der Waals surface area contributed by atoms with Crippen LogP contribution in [0.1, 0.15) is 24.1 Å². The first-order valence-electron chi connectivity index (χ1n) is 7.67. The van der Waals surface area contributed by atoms with Gasteiger partial charge in [0.2, 0.25) is 0 Å². The molecular formula is C17H23N3O. The first-order chi connectivity index (χ1) is 10.1. The number of aromatic nitrogens is 2. The third kappa shape index (κ3) is 3.01. The molecule has 2 atom stereocenters. The molecule has 0 amide bonds. The van der Waals surface area contributed by atoms with Gasteiger partial charge in [-0.1, -0.05) is 23.8 Å². The fourth-order valence-corrected chi connectivity index (χ4v) is 2.99. The molecule has 1 fully saturated rings. The SMILES string of the molecule is Cc1ccc2c(c1)c(C)nn2C/C=C/[C@H]1NCCC[C@@H]1O. The maximum Gasteiger partial charge on any atom is 0.0729 e. The molecule has 4 nitrogen and oxygen atoms in total. The highest BCUT2D eigenvalue weighted by Crippen LogP contribution is 2.19. The van der Waals surface area contributed by atoms with E-state index in [4.69, 9.17) is 0 Å². The molecule has 0 spiro atoms. The first kappa shape index (κ1) is 14.3. The Kier molecular flexibility index (Phi) is 4.08. The van der Waals surface area contributed by atoms with Crippen molar-refractivity contribution < 1.29 is 5.11 Å². The second kappa shape index (κ2) is 6.00. The fraction of sp³-hybridized carbons (Fsp3) is 0.471. The molecule has 2 N–H and O–H groups in total. The normalized spacial score (nSPS) is 23.2. The molecule has 3 rings (SSSR count). The maximum absolute atomic E-state index is 9.94. The average Bonchev–Trinajstić information content (AvgIpc) is 2.77. The van der Waals surface area contributed by atoms with Crippen LogP contribution in [0.3, 0.4) is 0 Å². The molecule has 0 bridgehead atoms. The minimum atomic E-state index is -0.270. The standard InChI is InChI=1S/C17H23N3O/c1-12-7-8-16-14(11-12)13(2)19-20(16)10-4-5-15-17(21)6-3-9-18-15/h4-5,7-8,11,15,17-18,21H,3,6,9-10H2,1-2H3/b5-4+/t15-,17+/m1/s1. The zero-order chi connectivity index (χ0) is 14.8. The summed E-state index contributed by atoms with van der Waals surface area (Å²) in [5, 5.41) is 19.1. The molecule has 0 aliphatic carbocycles. The Balaban J connectivity index is 1.76. The predicted octanol–water partition coefficient (Wildman–Crippen LogP) is 2.32. The Hall–Kier alpha value is -1.65. The second-order valence-corrected chi connectivity index (χ2v) is 5.91. The number of piperidine rings is 1. The molecule has 21 heavy (non-hydrogen) atoms. The maximum atomic E-state index is 9.94. The second-order valence-electron chi connectivity index (χ2n) is 5.91. The molecule has 0 radical (unpaired) electrons. The largest absolute Gasteiger partial charge is 0.391 e. The summed E-state index contributed by atoms with van der Waals surface area (Å²) in [5.74, 6) is 0. The van der Waals surface area contributed by atoms with Crippen LogP contribution in [0.25, 0.3) is 10.9 Å². The van der Waals surface area contributed by atoms with Gasteiger partial charge in [-0.25, -0.2) is 0 Å². The highest BCUT2D eigenvalue weighted by atomic mass is 16.3. The highest BCUT2D eigenvalue weighted by Gasteiger charge is 2.19. The molecule has 2 heterocycles. The van der Waals surface area contributed by atoms with E-state index in [1.807, 2.05) is 4.68 Å². The molecule has 1 aliphatic heterocycles. The van der Waals surface area contributed by atoms with Gasteiger partial charge in [-0.3, -0.25) is 4.68 Å². The van der Waals surface area contributed by atoms with Gasteiger partial charge >= 0.3 is 0 Å². The lowest BCUT2D eigenvalue weighted by molar-refractivity contribution is 0.115. The van der Waals surface area contributed by atoms with Crippen molar-refractivity contribution in [1.82, 2.24) is 15.1 Å². The smallest absolute Gasteiger partial charge is 0.0729 e. The zero-order valence-corrected chi connectivity index (χ0v) is 12.7. The quantitative estimate of drug-likeness (QED) is 0.851. The Morgan fingerprint density at radius 2 is 2.29 bits per heavy atom. The molecule has 0 unspecified atom stereocenters. The van der Waals surface area contributed by atoms with Crippen LogP contribution in [0, 0.1) is 13.8 Å². The lowest BCUT2D eigenvalue weighted by atomic mass is 10.0. The van der Waals surface area contributed by atoms with Crippen molar-refractivity contribution >= 4 is 10.9 Å². The van der Waals surface area contributed by atoms with Gasteiger partial charge in [0.1, 0.15) is 0 Å². The van der Waals surface area contributed by atoms with Crippen LogP contribution < -0.4 is 5.32 Å². The predicted molar refractivity (Wildman–Crippen MR) is 85.4 cm³/mol. The summed E-state index contributed by atoms with van der Waals surface area (Å²) >= 11 is 0. The number of nitrogens with one attached hydrogen (secondary N) is 1. The number of hydrogen-bond donors (Lipinski definition) is 2. The third-order valence-corrected chi connectivity index (χ3v) is 4.18. The van der Waals surface area contributed by atoms with E-state index in [9.17, 15) is 5.11 Å². The van der Waals surface area contributed by atoms with E-state index < -0.39 is 0 Å². The van der Waals surface area contributed by atoms with E-state index in [0.29, 0.717) is 0 Å². The lowest BCUT2D eigenvalue weighted by Crippen LogP contribution is -2.43. The van der Waals surface area contributed by atoms with Gasteiger partial charge in [-0.2, -0.15) is 5.10 Å². The van der Waals surface area contributed by atoms with Gasteiger partial charge < -0.3 is 10.4 Å². The van der Waals surface area contributed by atoms with Gasteiger partial charge in [0, 0.05) is 5.39 Å². The number of aliphatic hydroxyl groups is 1. The van der Waals surface area contributed by atoms with Gasteiger partial charge in [0.05, 0.1) is 29.9 Å². The van der Waals surface area contributed by atoms with E-state index in [-0.39, 0.29) is 12.1 Å². The summed E-state index contributed by atoms with van der Waals surface area (Å²) in [6.07, 6.45) is 5.83. The molecule has 112 valence electrons. The monoisotopic (exact) mass is 285 g/mol. The van der Waals surface area contributed by atoms with E-state index in [1.165, 1.54) is 16.5 Å². The minimum Gasteiger partial charge on any atom is -0.391 e. The van der Waals surface area contributed by atoms with Crippen LogP contribution in [0.5, 0.6) is 0 Å². The van der Waals surface area contributed by atoms with Crippen molar-refractivity contribution in [3.05, 3.63) is 41.6 Å². The van der Waals surface area contributed by atoms with Crippen LogP contribution in [-0.2, 0) is 6.54 Å². The molecule has 1 aliphatic rings. The van der Waals surface area contributed by atoms with Crippen LogP contribution in [-0.4, -0.2) is 33.6 Å². The van der Waals surface area contributed by atoms with E-state index >= 15 is 0 Å². The molecule has 4 heteroatoms. The van der Waals surface area contributed by atoms with E-state index in [2.05, 4.69) is 54.6 Å². The van der Waals surface area contributed by atoms with Crippen LogP contribution in [0.15, 0.2) is 30.4 Å². The molecule has 1 aromatic carbocycles. The van der Waals surface area contributed by atoms with Gasteiger partial charge in [0.25, 0.3) is 0 Å². The molecule has 1 aromatic heterocycles. The lowest BCUT2D eigenvalue weighted by Gasteiger charge is -2.26. The Bertz CT molecular complexity index is 659. The van der Waals surface area contributed by atoms with Crippen LogP contribution in [0.4, 0.5) is 0 Å². The number of allylic oxidation sites excluding steroid dienone is 1. The summed E-state index contributed by atoms with van der Waals surface area (Å²) < 4.78 is 2.02. The van der Waals surface area contributed by atoms with Crippen LogP contribution in [0.2, 0.25) is 0 Å². The average molecular weight is 285 g/mol. The number of rotatable bonds is 3. The topological polar surface area (TPSA) is 50.1 Å². The fourth-order valence-electron chi connectivity index (χ4n) is 2.99. The van der Waals surface area contributed by atoms with Gasteiger partial charge in [-0.05, 0) is 45.4 Å². The Labute approximate surface area is 125 Å². The van der Waals surface area contributed by atoms with Crippen molar-refractivity contribution in [2.75, 3.05) is 6.54 Å². The summed E-state index contributed by atoms with van der Waals surface area (Å²) in [4.78, 5) is 0. The Morgan fingerprint density at radius 1 is 1.43 bits per heavy atom. The molecule has 2 aromatic rings. The van der Waals surface area contributed by atoms with Crippen molar-refractivity contribution in [1.29, 1.82) is 0 Å². The number of hydrogen-bond acceptors (Lipinski definition) is 3. The molecule has 0 saturated carbocycles. The number of aryl methyl sites for hydroxylation is 2. The van der Waals surface area contributed by atoms with Crippen LogP contribution >= 0.6 is 0 Å². The van der Waals surface area contributed by atoms with Crippen molar-refractivity contribution in [3.63, 3.8) is 0 Å². The number of aliphatic hydroxyl groups excluding tert-OH is 1. The van der Waals surface area contributed by atoms with Crippen molar-refractivity contribution in [2.24, 2.45) is 0 Å². The Morgan fingerprint density at radius 3 is 3.10 bits per heavy atom. The van der Waals surface area contributed by atoms with Crippen molar-refractivity contribution in [2.45, 2.75) is 45.4 Å². The first-order valence-corrected chi connectivity index (χ1v) is 7.67. The van der Waals surface area contributed by atoms with Crippen molar-refractivity contribution in [3.8, 4) is 0 Å². The van der Waals surface area contributed by atoms with E-state index in [0.717, 1.165) is 31.6 Å². The number of fused-ring (bicyclic) bond motifs is 1. The van der Waals surface area contributed by atoms with Gasteiger partial charge in [0.15, 0.2) is 0 Å². The van der Waals surface area contributed by atoms with E-state index in [1.54, 1.807) is 0 Å². The minimum absolute atomic E-state index is 0.0731. The third-order valence-electron chi connectivity index (χ3n) is 4.18. The summed E-state index contributed by atoms with van der Waals surface area (Å²) in [5.41, 5.74) is 3.49. The number of nitrogens with zero attached hydrogens (tertiary/aromatic N) is 2. The highest BCUT2D eigenvalue weighted by molar-refractivity contribution is 5.82.